The van der Waals surface area contributed by atoms with Crippen LogP contribution >= 0.6 is 0 Å². The molecule has 1 heterocycles. The molecule has 0 amide bonds. The first-order valence-corrected chi connectivity index (χ1v) is 6.00. The van der Waals surface area contributed by atoms with Gasteiger partial charge in [-0.2, -0.15) is 5.26 Å². The minimum atomic E-state index is -0.578. The van der Waals surface area contributed by atoms with Gasteiger partial charge in [-0.05, 0) is 31.2 Å². The SMILES string of the molecule is C[C@H](O)c1ccc(N(C)c2ccccc2C#N)cn1. The lowest BCUT2D eigenvalue weighted by Gasteiger charge is -2.20. The summed E-state index contributed by atoms with van der Waals surface area (Å²) in [5.41, 5.74) is 2.94. The second-order valence-corrected chi connectivity index (χ2v) is 4.31. The van der Waals surface area contributed by atoms with Crippen LogP contribution in [0.2, 0.25) is 0 Å². The van der Waals surface area contributed by atoms with E-state index in [1.165, 1.54) is 0 Å². The molecule has 4 heteroatoms. The van der Waals surface area contributed by atoms with Crippen molar-refractivity contribution in [2.45, 2.75) is 13.0 Å². The highest BCUT2D eigenvalue weighted by molar-refractivity contribution is 5.68. The van der Waals surface area contributed by atoms with E-state index in [0.717, 1.165) is 11.4 Å². The summed E-state index contributed by atoms with van der Waals surface area (Å²) >= 11 is 0. The van der Waals surface area contributed by atoms with Crippen molar-refractivity contribution >= 4 is 11.4 Å². The number of benzene rings is 1. The number of hydrogen-bond acceptors (Lipinski definition) is 4. The third-order valence-electron chi connectivity index (χ3n) is 2.97. The largest absolute Gasteiger partial charge is 0.387 e. The Balaban J connectivity index is 2.34. The molecule has 0 saturated heterocycles. The average Bonchev–Trinajstić information content (AvgIpc) is 2.46. The number of rotatable bonds is 3. The molecule has 0 aliphatic carbocycles. The standard InChI is InChI=1S/C15H15N3O/c1-11(19)14-8-7-13(10-17-14)18(2)15-6-4-3-5-12(15)9-16/h3-8,10-11,19H,1-2H3/t11-/m0/s1. The minimum absolute atomic E-state index is 0.578. The van der Waals surface area contributed by atoms with Crippen molar-refractivity contribution in [3.63, 3.8) is 0 Å². The predicted octanol–water partition coefficient (Wildman–Crippen LogP) is 2.77. The molecule has 0 fully saturated rings. The van der Waals surface area contributed by atoms with E-state index in [9.17, 15) is 5.11 Å². The molecular formula is C15H15N3O. The van der Waals surface area contributed by atoms with Crippen molar-refractivity contribution in [3.8, 4) is 6.07 Å². The molecule has 19 heavy (non-hydrogen) atoms. The van der Waals surface area contributed by atoms with Crippen molar-refractivity contribution in [2.24, 2.45) is 0 Å². The second-order valence-electron chi connectivity index (χ2n) is 4.31. The van der Waals surface area contributed by atoms with Crippen molar-refractivity contribution in [2.75, 3.05) is 11.9 Å². The van der Waals surface area contributed by atoms with E-state index >= 15 is 0 Å². The van der Waals surface area contributed by atoms with Crippen LogP contribution in [0.15, 0.2) is 42.6 Å². The van der Waals surface area contributed by atoms with Gasteiger partial charge in [-0.1, -0.05) is 12.1 Å². The highest BCUT2D eigenvalue weighted by atomic mass is 16.3. The summed E-state index contributed by atoms with van der Waals surface area (Å²) in [6, 6.07) is 13.2. The quantitative estimate of drug-likeness (QED) is 0.913. The van der Waals surface area contributed by atoms with E-state index in [0.29, 0.717) is 11.3 Å². The van der Waals surface area contributed by atoms with E-state index < -0.39 is 6.10 Å². The number of para-hydroxylation sites is 1. The smallest absolute Gasteiger partial charge is 0.101 e. The van der Waals surface area contributed by atoms with Gasteiger partial charge in [-0.15, -0.1) is 0 Å². The lowest BCUT2D eigenvalue weighted by atomic mass is 10.1. The molecule has 0 unspecified atom stereocenters. The van der Waals surface area contributed by atoms with Crippen LogP contribution in [0.1, 0.15) is 24.3 Å². The number of anilines is 2. The lowest BCUT2D eigenvalue weighted by Crippen LogP contribution is -2.11. The van der Waals surface area contributed by atoms with Crippen LogP contribution in [-0.4, -0.2) is 17.1 Å². The third-order valence-corrected chi connectivity index (χ3v) is 2.97. The zero-order valence-electron chi connectivity index (χ0n) is 10.9. The van der Waals surface area contributed by atoms with E-state index in [-0.39, 0.29) is 0 Å². The molecule has 0 saturated carbocycles. The summed E-state index contributed by atoms with van der Waals surface area (Å²) in [7, 11) is 1.88. The summed E-state index contributed by atoms with van der Waals surface area (Å²) < 4.78 is 0. The van der Waals surface area contributed by atoms with Gasteiger partial charge in [0.1, 0.15) is 6.07 Å². The van der Waals surface area contributed by atoms with E-state index in [2.05, 4.69) is 11.1 Å². The number of pyridine rings is 1. The highest BCUT2D eigenvalue weighted by Crippen LogP contribution is 2.26. The molecule has 0 spiro atoms. The fraction of sp³-hybridized carbons (Fsp3) is 0.200. The average molecular weight is 253 g/mol. The molecule has 0 aliphatic rings. The van der Waals surface area contributed by atoms with Crippen LogP contribution < -0.4 is 4.90 Å². The van der Waals surface area contributed by atoms with Crippen LogP contribution in [0.5, 0.6) is 0 Å². The van der Waals surface area contributed by atoms with Gasteiger partial charge in [0.05, 0.1) is 34.9 Å². The number of nitrogens with zero attached hydrogens (tertiary/aromatic N) is 3. The molecule has 0 radical (unpaired) electrons. The Morgan fingerprint density at radius 1 is 1.26 bits per heavy atom. The summed E-state index contributed by atoms with van der Waals surface area (Å²) in [6.07, 6.45) is 1.11. The first-order valence-electron chi connectivity index (χ1n) is 6.00. The van der Waals surface area contributed by atoms with Crippen molar-refractivity contribution in [3.05, 3.63) is 53.9 Å². The molecule has 0 bridgehead atoms. The molecule has 1 N–H and O–H groups in total. The Hall–Kier alpha value is -2.38. The Bertz CT molecular complexity index is 600. The van der Waals surface area contributed by atoms with Gasteiger partial charge in [0.15, 0.2) is 0 Å². The van der Waals surface area contributed by atoms with E-state index in [1.807, 2.05) is 36.2 Å². The molecule has 2 aromatic rings. The van der Waals surface area contributed by atoms with Gasteiger partial charge in [0.25, 0.3) is 0 Å². The maximum Gasteiger partial charge on any atom is 0.101 e. The van der Waals surface area contributed by atoms with Crippen molar-refractivity contribution in [1.29, 1.82) is 5.26 Å². The maximum atomic E-state index is 9.43. The summed E-state index contributed by atoms with van der Waals surface area (Å²) in [5, 5.41) is 18.5. The number of aliphatic hydroxyl groups is 1. The molecule has 4 nitrogen and oxygen atoms in total. The highest BCUT2D eigenvalue weighted by Gasteiger charge is 2.09. The van der Waals surface area contributed by atoms with Crippen LogP contribution in [0.3, 0.4) is 0 Å². The zero-order valence-corrected chi connectivity index (χ0v) is 10.9. The van der Waals surface area contributed by atoms with Crippen LogP contribution in [0.4, 0.5) is 11.4 Å². The molecular weight excluding hydrogens is 238 g/mol. The Morgan fingerprint density at radius 2 is 2.00 bits per heavy atom. The minimum Gasteiger partial charge on any atom is -0.387 e. The number of aromatic nitrogens is 1. The van der Waals surface area contributed by atoms with Gasteiger partial charge < -0.3 is 10.0 Å². The van der Waals surface area contributed by atoms with E-state index in [1.54, 1.807) is 25.3 Å². The first-order chi connectivity index (χ1) is 9.13. The zero-order chi connectivity index (χ0) is 13.8. The lowest BCUT2D eigenvalue weighted by molar-refractivity contribution is 0.194. The van der Waals surface area contributed by atoms with Crippen LogP contribution in [-0.2, 0) is 0 Å². The number of aliphatic hydroxyl groups excluding tert-OH is 1. The van der Waals surface area contributed by atoms with Gasteiger partial charge in [0, 0.05) is 7.05 Å². The predicted molar refractivity (Wildman–Crippen MR) is 74.1 cm³/mol. The monoisotopic (exact) mass is 253 g/mol. The van der Waals surface area contributed by atoms with Crippen LogP contribution in [0, 0.1) is 11.3 Å². The maximum absolute atomic E-state index is 9.43. The summed E-state index contributed by atoms with van der Waals surface area (Å²) in [4.78, 5) is 6.11. The van der Waals surface area contributed by atoms with Gasteiger partial charge in [-0.3, -0.25) is 4.98 Å². The van der Waals surface area contributed by atoms with Gasteiger partial charge in [0.2, 0.25) is 0 Å². The topological polar surface area (TPSA) is 60.1 Å². The van der Waals surface area contributed by atoms with Gasteiger partial charge in [-0.25, -0.2) is 0 Å². The first kappa shape index (κ1) is 13.1. The van der Waals surface area contributed by atoms with Crippen molar-refractivity contribution < 1.29 is 5.11 Å². The molecule has 96 valence electrons. The summed E-state index contributed by atoms with van der Waals surface area (Å²) in [6.45, 7) is 1.68. The Labute approximate surface area is 112 Å². The normalized spacial score (nSPS) is 11.7. The second kappa shape index (κ2) is 5.51. The number of hydrogen-bond donors (Lipinski definition) is 1. The Kier molecular flexibility index (Phi) is 3.79. The Morgan fingerprint density at radius 3 is 2.58 bits per heavy atom. The molecule has 1 aromatic heterocycles. The van der Waals surface area contributed by atoms with Crippen molar-refractivity contribution in [1.82, 2.24) is 4.98 Å². The van der Waals surface area contributed by atoms with Crippen LogP contribution in [0.25, 0.3) is 0 Å². The molecule has 2 rings (SSSR count). The molecule has 1 aromatic carbocycles. The van der Waals surface area contributed by atoms with Gasteiger partial charge >= 0.3 is 0 Å². The fourth-order valence-electron chi connectivity index (χ4n) is 1.84. The fourth-order valence-corrected chi connectivity index (χ4v) is 1.84. The van der Waals surface area contributed by atoms with E-state index in [4.69, 9.17) is 5.26 Å². The molecule has 0 aliphatic heterocycles. The summed E-state index contributed by atoms with van der Waals surface area (Å²) in [5.74, 6) is 0. The molecule has 1 atom stereocenters. The number of nitriles is 1. The third kappa shape index (κ3) is 2.72.